The number of hydrogen-bond acceptors (Lipinski definition) is 1. The molecule has 1 unspecified atom stereocenters. The van der Waals surface area contributed by atoms with Crippen molar-refractivity contribution >= 4 is 0 Å². The van der Waals surface area contributed by atoms with Crippen LogP contribution in [0.1, 0.15) is 31.4 Å². The molecule has 0 amide bonds. The molecule has 92 valence electrons. The number of benzene rings is 1. The number of ether oxygens (including phenoxy) is 1. The molecule has 0 aromatic heterocycles. The van der Waals surface area contributed by atoms with Gasteiger partial charge in [0, 0.05) is 12.0 Å². The number of aryl methyl sites for hydroxylation is 1. The largest absolute Gasteiger partial charge is 0.311 e. The Bertz CT molecular complexity index is 464. The molecule has 3 rings (SSSR count). The highest BCUT2D eigenvalue weighted by Gasteiger charge is 2.61. The van der Waals surface area contributed by atoms with Gasteiger partial charge in [-0.05, 0) is 31.9 Å². The molecule has 2 heteroatoms. The van der Waals surface area contributed by atoms with Gasteiger partial charge in [-0.2, -0.15) is 0 Å². The van der Waals surface area contributed by atoms with Crippen LogP contribution in [0.25, 0.3) is 0 Å². The Morgan fingerprint density at radius 1 is 1.18 bits per heavy atom. The molecule has 1 saturated heterocycles. The van der Waals surface area contributed by atoms with Crippen LogP contribution in [0.5, 0.6) is 0 Å². The first kappa shape index (κ1) is 11.2. The first-order valence-corrected chi connectivity index (χ1v) is 6.48. The number of hydrogen-bond donors (Lipinski definition) is 0. The van der Waals surface area contributed by atoms with Crippen LogP contribution in [0, 0.1) is 0 Å². The summed E-state index contributed by atoms with van der Waals surface area (Å²) >= 11 is 0. The van der Waals surface area contributed by atoms with Crippen LogP contribution >= 0.6 is 0 Å². The summed E-state index contributed by atoms with van der Waals surface area (Å²) < 4.78 is 7.45. The summed E-state index contributed by atoms with van der Waals surface area (Å²) in [4.78, 5) is 0. The van der Waals surface area contributed by atoms with Crippen LogP contribution in [0.3, 0.4) is 0 Å². The number of nitrogens with zero attached hydrogens (tertiary/aromatic N) is 1. The summed E-state index contributed by atoms with van der Waals surface area (Å²) in [6.45, 7) is 5.49. The van der Waals surface area contributed by atoms with Gasteiger partial charge in [0.2, 0.25) is 5.72 Å². The highest BCUT2D eigenvalue weighted by atomic mass is 16.6. The molecule has 1 heterocycles. The van der Waals surface area contributed by atoms with Crippen molar-refractivity contribution in [3.05, 3.63) is 35.4 Å². The van der Waals surface area contributed by atoms with Gasteiger partial charge >= 0.3 is 0 Å². The second-order valence-electron chi connectivity index (χ2n) is 6.65. The number of likely N-dealkylation sites (N-methyl/N-ethyl adjacent to an activating group) is 1. The van der Waals surface area contributed by atoms with Crippen molar-refractivity contribution in [1.82, 2.24) is 0 Å². The fraction of sp³-hybridized carbons (Fsp3) is 0.600. The third kappa shape index (κ3) is 1.40. The van der Waals surface area contributed by atoms with E-state index in [0.717, 1.165) is 23.9 Å². The summed E-state index contributed by atoms with van der Waals surface area (Å²) in [5, 5.41) is 0. The lowest BCUT2D eigenvalue weighted by atomic mass is 10.0. The SMILES string of the molecule is CC1(C)C[N+](C)(C)C2(CCc3ccccc32)O1. The normalized spacial score (nSPS) is 32.9. The minimum atomic E-state index is -0.111. The zero-order valence-electron chi connectivity index (χ0n) is 11.3. The number of quaternary nitrogens is 1. The first-order chi connectivity index (χ1) is 7.86. The van der Waals surface area contributed by atoms with Gasteiger partial charge in [0.25, 0.3) is 0 Å². The number of fused-ring (bicyclic) bond motifs is 2. The van der Waals surface area contributed by atoms with Crippen molar-refractivity contribution in [2.24, 2.45) is 0 Å². The Morgan fingerprint density at radius 2 is 1.88 bits per heavy atom. The topological polar surface area (TPSA) is 9.23 Å². The van der Waals surface area contributed by atoms with E-state index in [-0.39, 0.29) is 11.3 Å². The van der Waals surface area contributed by atoms with Gasteiger partial charge in [-0.15, -0.1) is 0 Å². The maximum absolute atomic E-state index is 6.51. The van der Waals surface area contributed by atoms with Gasteiger partial charge in [-0.3, -0.25) is 4.48 Å². The molecule has 1 aromatic carbocycles. The van der Waals surface area contributed by atoms with Crippen LogP contribution in [0.4, 0.5) is 0 Å². The van der Waals surface area contributed by atoms with Crippen molar-refractivity contribution < 1.29 is 9.22 Å². The van der Waals surface area contributed by atoms with Gasteiger partial charge in [-0.1, -0.05) is 18.2 Å². The Balaban J connectivity index is 2.16. The van der Waals surface area contributed by atoms with E-state index in [1.807, 2.05) is 0 Å². The summed E-state index contributed by atoms with van der Waals surface area (Å²) in [6.07, 6.45) is 2.26. The minimum Gasteiger partial charge on any atom is -0.311 e. The lowest BCUT2D eigenvalue weighted by Crippen LogP contribution is -2.52. The fourth-order valence-corrected chi connectivity index (χ4v) is 3.99. The van der Waals surface area contributed by atoms with Gasteiger partial charge < -0.3 is 4.74 Å². The molecule has 2 aliphatic rings. The molecule has 1 atom stereocenters. The lowest BCUT2D eigenvalue weighted by Gasteiger charge is -2.39. The summed E-state index contributed by atoms with van der Waals surface area (Å²) in [5.74, 6) is 0. The molecule has 0 radical (unpaired) electrons. The third-order valence-electron chi connectivity index (χ3n) is 4.37. The molecule has 1 aromatic rings. The van der Waals surface area contributed by atoms with Crippen molar-refractivity contribution in [2.75, 3.05) is 20.6 Å². The van der Waals surface area contributed by atoms with E-state index in [4.69, 9.17) is 4.74 Å². The monoisotopic (exact) mass is 232 g/mol. The van der Waals surface area contributed by atoms with E-state index in [9.17, 15) is 0 Å². The van der Waals surface area contributed by atoms with Crippen LogP contribution in [-0.2, 0) is 16.9 Å². The van der Waals surface area contributed by atoms with Crippen LogP contribution in [0.15, 0.2) is 24.3 Å². The Labute approximate surface area is 104 Å². The third-order valence-corrected chi connectivity index (χ3v) is 4.37. The smallest absolute Gasteiger partial charge is 0.231 e. The van der Waals surface area contributed by atoms with Gasteiger partial charge in [-0.25, -0.2) is 0 Å². The van der Waals surface area contributed by atoms with Gasteiger partial charge in [0.15, 0.2) is 0 Å². The second-order valence-corrected chi connectivity index (χ2v) is 6.65. The molecular weight excluding hydrogens is 210 g/mol. The van der Waals surface area contributed by atoms with Crippen LogP contribution in [-0.4, -0.2) is 30.7 Å². The second kappa shape index (κ2) is 3.12. The summed E-state index contributed by atoms with van der Waals surface area (Å²) in [5.41, 5.74) is 2.74. The predicted molar refractivity (Wildman–Crippen MR) is 68.6 cm³/mol. The van der Waals surface area contributed by atoms with Crippen molar-refractivity contribution in [3.8, 4) is 0 Å². The first-order valence-electron chi connectivity index (χ1n) is 6.48. The molecule has 0 saturated carbocycles. The molecule has 17 heavy (non-hydrogen) atoms. The van der Waals surface area contributed by atoms with E-state index in [1.165, 1.54) is 11.1 Å². The van der Waals surface area contributed by atoms with Crippen LogP contribution < -0.4 is 0 Å². The summed E-state index contributed by atoms with van der Waals surface area (Å²) in [7, 11) is 4.60. The van der Waals surface area contributed by atoms with E-state index < -0.39 is 0 Å². The van der Waals surface area contributed by atoms with Gasteiger partial charge in [0.1, 0.15) is 12.1 Å². The van der Waals surface area contributed by atoms with E-state index in [1.54, 1.807) is 0 Å². The average molecular weight is 232 g/mol. The fourth-order valence-electron chi connectivity index (χ4n) is 3.99. The Morgan fingerprint density at radius 3 is 2.53 bits per heavy atom. The Hall–Kier alpha value is -0.860. The van der Waals surface area contributed by atoms with Crippen LogP contribution in [0.2, 0.25) is 0 Å². The van der Waals surface area contributed by atoms with Gasteiger partial charge in [0.05, 0.1) is 14.1 Å². The predicted octanol–water partition coefficient (Wildman–Crippen LogP) is 2.67. The molecular formula is C15H22NO+. The van der Waals surface area contributed by atoms with E-state index in [2.05, 4.69) is 52.2 Å². The molecule has 0 bridgehead atoms. The maximum atomic E-state index is 6.51. The number of rotatable bonds is 0. The molecule has 1 aliphatic carbocycles. The van der Waals surface area contributed by atoms with Crippen molar-refractivity contribution in [2.45, 2.75) is 38.0 Å². The summed E-state index contributed by atoms with van der Waals surface area (Å²) in [6, 6.07) is 8.78. The van der Waals surface area contributed by atoms with E-state index >= 15 is 0 Å². The zero-order valence-corrected chi connectivity index (χ0v) is 11.3. The highest BCUT2D eigenvalue weighted by Crippen LogP contribution is 2.52. The van der Waals surface area contributed by atoms with E-state index in [0.29, 0.717) is 0 Å². The molecule has 2 nitrogen and oxygen atoms in total. The molecule has 0 N–H and O–H groups in total. The molecule has 1 aliphatic heterocycles. The molecule has 1 fully saturated rings. The van der Waals surface area contributed by atoms with Crippen molar-refractivity contribution in [1.29, 1.82) is 0 Å². The highest BCUT2D eigenvalue weighted by molar-refractivity contribution is 5.36. The van der Waals surface area contributed by atoms with Crippen molar-refractivity contribution in [3.63, 3.8) is 0 Å². The lowest BCUT2D eigenvalue weighted by molar-refractivity contribution is -0.952. The standard InChI is InChI=1S/C15H22NO/c1-14(2)11-16(3,4)15(17-14)10-9-12-7-5-6-8-13(12)15/h5-8H,9-11H2,1-4H3/q+1. The zero-order chi connectivity index (χ0) is 12.3. The minimum absolute atomic E-state index is 0.0268. The quantitative estimate of drug-likeness (QED) is 0.625. The Kier molecular flexibility index (Phi) is 2.06. The maximum Gasteiger partial charge on any atom is 0.231 e. The average Bonchev–Trinajstić information content (AvgIpc) is 2.65. The molecule has 1 spiro atoms.